The number of fused-ring (bicyclic) bond motifs is 1. The van der Waals surface area contributed by atoms with E-state index in [1.807, 2.05) is 96.6 Å². The number of aliphatic carboxylic acids is 1. The molecule has 33 heavy (non-hydrogen) atoms. The van der Waals surface area contributed by atoms with Crippen LogP contribution in [0.1, 0.15) is 24.5 Å². The van der Waals surface area contributed by atoms with Gasteiger partial charge in [0.15, 0.2) is 0 Å². The molecule has 0 bridgehead atoms. The summed E-state index contributed by atoms with van der Waals surface area (Å²) < 4.78 is 8.02. The number of hydrogen-bond donors (Lipinski definition) is 1. The summed E-state index contributed by atoms with van der Waals surface area (Å²) in [5, 5.41) is 14.7. The van der Waals surface area contributed by atoms with Gasteiger partial charge in [-0.05, 0) is 42.3 Å². The Morgan fingerprint density at radius 2 is 1.73 bits per heavy atom. The van der Waals surface area contributed by atoms with E-state index in [0.717, 1.165) is 39.9 Å². The molecule has 4 rings (SSSR count). The molecule has 0 amide bonds. The van der Waals surface area contributed by atoms with Gasteiger partial charge in [0.25, 0.3) is 0 Å². The van der Waals surface area contributed by atoms with Crippen molar-refractivity contribution in [2.24, 2.45) is 5.16 Å². The van der Waals surface area contributed by atoms with Crippen LogP contribution in [0.15, 0.2) is 90.2 Å². The van der Waals surface area contributed by atoms with Crippen LogP contribution in [0.5, 0.6) is 11.5 Å². The Bertz CT molecular complexity index is 1260. The topological polar surface area (TPSA) is 73.1 Å². The first kappa shape index (κ1) is 22.1. The lowest BCUT2D eigenvalue weighted by Crippen LogP contribution is -2.12. The monoisotopic (exact) mass is 442 g/mol. The first-order chi connectivity index (χ1) is 16.1. The predicted octanol–water partition coefficient (Wildman–Crippen LogP) is 5.89. The second-order valence-electron chi connectivity index (χ2n) is 7.68. The molecule has 1 aromatic heterocycles. The van der Waals surface area contributed by atoms with E-state index >= 15 is 0 Å². The van der Waals surface area contributed by atoms with E-state index in [9.17, 15) is 9.90 Å². The molecule has 1 heterocycles. The minimum absolute atomic E-state index is 0.0350. The third kappa shape index (κ3) is 5.60. The summed E-state index contributed by atoms with van der Waals surface area (Å²) in [6.45, 7) is 2.97. The molecule has 1 N–H and O–H groups in total. The van der Waals surface area contributed by atoms with Crippen molar-refractivity contribution < 1.29 is 19.5 Å². The highest BCUT2D eigenvalue weighted by atomic mass is 16.6. The predicted molar refractivity (Wildman–Crippen MR) is 129 cm³/mol. The second kappa shape index (κ2) is 10.5. The first-order valence-electron chi connectivity index (χ1n) is 10.9. The van der Waals surface area contributed by atoms with Crippen LogP contribution in [-0.2, 0) is 22.6 Å². The van der Waals surface area contributed by atoms with Gasteiger partial charge in [-0.15, -0.1) is 0 Å². The van der Waals surface area contributed by atoms with E-state index in [1.54, 1.807) is 0 Å². The van der Waals surface area contributed by atoms with Crippen molar-refractivity contribution in [2.45, 2.75) is 26.3 Å². The molecule has 6 heteroatoms. The standard InChI is InChI=1S/C27H26N2O4/c1-2-15-32-28-25(20-9-8-12-23(16-20)33-22-10-4-3-5-11-22)19-29-18-21(17-27(30)31)24-13-6-7-14-26(24)29/h3-14,16,18H,2,15,17,19H2,1H3,(H,30,31)/b28-25+. The lowest BCUT2D eigenvalue weighted by Gasteiger charge is -2.12. The average molecular weight is 443 g/mol. The zero-order valence-electron chi connectivity index (χ0n) is 18.5. The van der Waals surface area contributed by atoms with Crippen LogP contribution in [0.25, 0.3) is 10.9 Å². The first-order valence-corrected chi connectivity index (χ1v) is 10.9. The number of carboxylic acid groups (broad SMARTS) is 1. The van der Waals surface area contributed by atoms with Crippen LogP contribution >= 0.6 is 0 Å². The summed E-state index contributed by atoms with van der Waals surface area (Å²) >= 11 is 0. The van der Waals surface area contributed by atoms with Gasteiger partial charge in [-0.25, -0.2) is 0 Å². The van der Waals surface area contributed by atoms with Crippen molar-refractivity contribution in [3.8, 4) is 11.5 Å². The van der Waals surface area contributed by atoms with Crippen molar-refractivity contribution in [3.63, 3.8) is 0 Å². The fourth-order valence-electron chi connectivity index (χ4n) is 3.67. The quantitative estimate of drug-likeness (QED) is 0.189. The molecule has 6 nitrogen and oxygen atoms in total. The summed E-state index contributed by atoms with van der Waals surface area (Å²) in [4.78, 5) is 16.9. The smallest absolute Gasteiger partial charge is 0.307 e. The van der Waals surface area contributed by atoms with Crippen LogP contribution < -0.4 is 4.74 Å². The largest absolute Gasteiger partial charge is 0.481 e. The number of aromatic nitrogens is 1. The van der Waals surface area contributed by atoms with Crippen molar-refractivity contribution in [2.75, 3.05) is 6.61 Å². The maximum absolute atomic E-state index is 11.4. The molecular formula is C27H26N2O4. The average Bonchev–Trinajstić information content (AvgIpc) is 3.16. The molecule has 0 unspecified atom stereocenters. The number of rotatable bonds is 10. The van der Waals surface area contributed by atoms with Crippen molar-refractivity contribution in [1.82, 2.24) is 4.57 Å². The van der Waals surface area contributed by atoms with Crippen LogP contribution in [0.3, 0.4) is 0 Å². The van der Waals surface area contributed by atoms with Gasteiger partial charge in [0.1, 0.15) is 23.8 Å². The molecular weight excluding hydrogens is 416 g/mol. The fraction of sp³-hybridized carbons (Fsp3) is 0.185. The van der Waals surface area contributed by atoms with Gasteiger partial charge >= 0.3 is 5.97 Å². The molecule has 0 radical (unpaired) electrons. The molecule has 0 saturated heterocycles. The SMILES string of the molecule is CCCO/N=C(\Cn1cc(CC(=O)O)c2ccccc21)c1cccc(Oc2ccccc2)c1. The van der Waals surface area contributed by atoms with Crippen molar-refractivity contribution >= 4 is 22.6 Å². The Hall–Kier alpha value is -4.06. The van der Waals surface area contributed by atoms with Crippen molar-refractivity contribution in [1.29, 1.82) is 0 Å². The van der Waals surface area contributed by atoms with Crippen LogP contribution in [0.4, 0.5) is 0 Å². The maximum atomic E-state index is 11.4. The van der Waals surface area contributed by atoms with E-state index in [-0.39, 0.29) is 6.42 Å². The van der Waals surface area contributed by atoms with Gasteiger partial charge in [-0.2, -0.15) is 0 Å². The van der Waals surface area contributed by atoms with E-state index in [0.29, 0.717) is 18.9 Å². The molecule has 0 aliphatic rings. The summed E-state index contributed by atoms with van der Waals surface area (Å²) in [6, 6.07) is 25.1. The number of carboxylic acids is 1. The van der Waals surface area contributed by atoms with Gasteiger partial charge in [0.2, 0.25) is 0 Å². The Kier molecular flexibility index (Phi) is 7.05. The van der Waals surface area contributed by atoms with Crippen molar-refractivity contribution in [3.05, 3.63) is 96.2 Å². The second-order valence-corrected chi connectivity index (χ2v) is 7.68. The van der Waals surface area contributed by atoms with E-state index in [4.69, 9.17) is 9.57 Å². The van der Waals surface area contributed by atoms with Gasteiger partial charge < -0.3 is 19.2 Å². The number of nitrogens with zero attached hydrogens (tertiary/aromatic N) is 2. The van der Waals surface area contributed by atoms with E-state index in [1.165, 1.54) is 0 Å². The molecule has 0 aliphatic heterocycles. The summed E-state index contributed by atoms with van der Waals surface area (Å²) in [5.74, 6) is 0.597. The molecule has 0 atom stereocenters. The number of carbonyl (C=O) groups is 1. The van der Waals surface area contributed by atoms with Crippen LogP contribution in [-0.4, -0.2) is 28.0 Å². The highest BCUT2D eigenvalue weighted by molar-refractivity contribution is 6.01. The van der Waals surface area contributed by atoms with Gasteiger partial charge in [0, 0.05) is 22.7 Å². The lowest BCUT2D eigenvalue weighted by atomic mass is 10.1. The minimum atomic E-state index is -0.858. The third-order valence-corrected chi connectivity index (χ3v) is 5.15. The fourth-order valence-corrected chi connectivity index (χ4v) is 3.67. The maximum Gasteiger partial charge on any atom is 0.307 e. The van der Waals surface area contributed by atoms with Crippen LogP contribution in [0.2, 0.25) is 0 Å². The Morgan fingerprint density at radius 1 is 0.970 bits per heavy atom. The third-order valence-electron chi connectivity index (χ3n) is 5.15. The molecule has 4 aromatic rings. The molecule has 3 aromatic carbocycles. The molecule has 0 spiro atoms. The van der Waals surface area contributed by atoms with E-state index in [2.05, 4.69) is 5.16 Å². The number of hydrogen-bond acceptors (Lipinski definition) is 4. The molecule has 168 valence electrons. The Balaban J connectivity index is 1.67. The van der Waals surface area contributed by atoms with Gasteiger partial charge in [-0.3, -0.25) is 4.79 Å². The summed E-state index contributed by atoms with van der Waals surface area (Å²) in [5.41, 5.74) is 3.32. The molecule has 0 fully saturated rings. The van der Waals surface area contributed by atoms with Gasteiger partial charge in [-0.1, -0.05) is 60.6 Å². The lowest BCUT2D eigenvalue weighted by molar-refractivity contribution is -0.136. The van der Waals surface area contributed by atoms with E-state index < -0.39 is 5.97 Å². The number of para-hydroxylation sites is 2. The Labute approximate surface area is 192 Å². The highest BCUT2D eigenvalue weighted by Gasteiger charge is 2.14. The number of ether oxygens (including phenoxy) is 1. The normalized spacial score (nSPS) is 11.5. The van der Waals surface area contributed by atoms with Gasteiger partial charge in [0.05, 0.1) is 13.0 Å². The summed E-state index contributed by atoms with van der Waals surface area (Å²) in [6.07, 6.45) is 2.70. The Morgan fingerprint density at radius 3 is 2.52 bits per heavy atom. The minimum Gasteiger partial charge on any atom is -0.481 e. The zero-order valence-corrected chi connectivity index (χ0v) is 18.5. The number of benzene rings is 3. The molecule has 0 saturated carbocycles. The number of oxime groups is 1. The zero-order chi connectivity index (χ0) is 23.0. The summed E-state index contributed by atoms with van der Waals surface area (Å²) in [7, 11) is 0. The highest BCUT2D eigenvalue weighted by Crippen LogP contribution is 2.25. The molecule has 0 aliphatic carbocycles. The van der Waals surface area contributed by atoms with Crippen LogP contribution in [0, 0.1) is 0 Å².